The van der Waals surface area contributed by atoms with E-state index in [1.54, 1.807) is 49.7 Å². The van der Waals surface area contributed by atoms with E-state index in [0.29, 0.717) is 30.2 Å². The first-order valence-corrected chi connectivity index (χ1v) is 15.4. The zero-order valence-corrected chi connectivity index (χ0v) is 28.5. The lowest BCUT2D eigenvalue weighted by Gasteiger charge is -2.13. The highest BCUT2D eigenvalue weighted by Crippen LogP contribution is 2.18. The first-order valence-electron chi connectivity index (χ1n) is 15.0. The normalized spacial score (nSPS) is 10.5. The second-order valence-corrected chi connectivity index (χ2v) is 11.8. The molecule has 0 spiro atoms. The maximum absolute atomic E-state index is 11.5. The molecule has 0 radical (unpaired) electrons. The van der Waals surface area contributed by atoms with Gasteiger partial charge in [-0.3, -0.25) is 4.79 Å². The maximum Gasteiger partial charge on any atom is 0.391 e. The van der Waals surface area contributed by atoms with Gasteiger partial charge in [-0.25, -0.2) is 4.79 Å². The average Bonchev–Trinajstić information content (AvgIpc) is 3.88. The molecule has 3 aromatic carbocycles. The van der Waals surface area contributed by atoms with E-state index in [2.05, 4.69) is 25.8 Å². The van der Waals surface area contributed by atoms with Gasteiger partial charge in [0.1, 0.15) is 10.9 Å². The minimum Gasteiger partial charge on any atom is -0.692 e. The van der Waals surface area contributed by atoms with Crippen LogP contribution < -0.4 is 20.1 Å². The highest BCUT2D eigenvalue weighted by Gasteiger charge is 2.25. The Morgan fingerprint density at radius 1 is 0.784 bits per heavy atom. The van der Waals surface area contributed by atoms with Crippen molar-refractivity contribution in [2.75, 3.05) is 0 Å². The third kappa shape index (κ3) is 10.3. The van der Waals surface area contributed by atoms with E-state index in [1.165, 1.54) is 23.3 Å². The fourth-order valence-corrected chi connectivity index (χ4v) is 4.32. The highest BCUT2D eigenvalue weighted by atomic mass is 35.5. The number of Topliss-reactive ketones (excluding diaryl/α,β-unsaturated/α-hetero) is 1. The van der Waals surface area contributed by atoms with E-state index in [-0.39, 0.29) is 11.5 Å². The van der Waals surface area contributed by atoms with Crippen LogP contribution in [0.15, 0.2) is 121 Å². The summed E-state index contributed by atoms with van der Waals surface area (Å²) in [5, 5.41) is 58.3. The summed E-state index contributed by atoms with van der Waals surface area (Å²) in [4.78, 5) is 25.3. The van der Waals surface area contributed by atoms with Gasteiger partial charge in [0, 0.05) is 12.3 Å². The van der Waals surface area contributed by atoms with Crippen molar-refractivity contribution < 1.29 is 24.5 Å². The summed E-state index contributed by atoms with van der Waals surface area (Å²) in [5.41, 5.74) is 2.39. The molecule has 0 amide bonds. The van der Waals surface area contributed by atoms with Crippen LogP contribution in [0, 0.1) is 28.0 Å². The minimum atomic E-state index is -0.490. The summed E-state index contributed by atoms with van der Waals surface area (Å²) >= 11 is 5.76. The topological polar surface area (TPSA) is 222 Å². The summed E-state index contributed by atoms with van der Waals surface area (Å²) < 4.78 is 2.97. The van der Waals surface area contributed by atoms with Gasteiger partial charge in [-0.1, -0.05) is 89.6 Å². The van der Waals surface area contributed by atoms with Gasteiger partial charge in [-0.05, 0) is 58.0 Å². The molecule has 51 heavy (non-hydrogen) atoms. The highest BCUT2D eigenvalue weighted by molar-refractivity contribution is 6.29. The molecule has 2 N–H and O–H groups in total. The van der Waals surface area contributed by atoms with Gasteiger partial charge in [-0.2, -0.15) is 4.85 Å². The van der Waals surface area contributed by atoms with Crippen LogP contribution in [0.3, 0.4) is 0 Å². The summed E-state index contributed by atoms with van der Waals surface area (Å²) in [6.07, 6.45) is 4.77. The number of carbonyl (C=O) groups is 1. The van der Waals surface area contributed by atoms with Crippen LogP contribution in [0.25, 0.3) is 17.1 Å². The molecule has 0 fully saturated rings. The summed E-state index contributed by atoms with van der Waals surface area (Å²) in [6, 6.07) is 27.6. The van der Waals surface area contributed by atoms with Gasteiger partial charge in [-0.15, -0.1) is 19.9 Å². The molecule has 0 saturated heterocycles. The number of aryl methyl sites for hydroxylation is 1. The number of ketones is 1. The molecule has 7 rings (SSSR count). The van der Waals surface area contributed by atoms with Crippen LogP contribution in [0.4, 0.5) is 0 Å². The van der Waals surface area contributed by atoms with Gasteiger partial charge in [0.15, 0.2) is 40.9 Å². The Kier molecular flexibility index (Phi) is 12.0. The second-order valence-electron chi connectivity index (χ2n) is 11.5. The van der Waals surface area contributed by atoms with Crippen LogP contribution in [0.1, 0.15) is 37.0 Å². The predicted octanol–water partition coefficient (Wildman–Crippen LogP) is 2.52. The molecule has 4 aromatic heterocycles. The number of aromatic amines is 1. The van der Waals surface area contributed by atoms with Crippen molar-refractivity contribution in [1.29, 1.82) is 0 Å². The lowest BCUT2D eigenvalue weighted by atomic mass is 9.89. The zero-order valence-electron chi connectivity index (χ0n) is 27.8. The third-order valence-corrected chi connectivity index (χ3v) is 6.70. The van der Waals surface area contributed by atoms with E-state index in [0.717, 1.165) is 28.1 Å². The predicted molar refractivity (Wildman–Crippen MR) is 181 cm³/mol. The summed E-state index contributed by atoms with van der Waals surface area (Å²) in [5.74, 6) is -0.136. The van der Waals surface area contributed by atoms with Gasteiger partial charge < -0.3 is 20.8 Å². The molecule has 0 aliphatic carbocycles. The Hall–Kier alpha value is -6.82. The average molecular weight is 717 g/mol. The van der Waals surface area contributed by atoms with Crippen LogP contribution in [0.2, 0.25) is 5.15 Å². The third-order valence-electron chi connectivity index (χ3n) is 6.44. The standard InChI is InChI=1S/C9H9N3O.C8H6ClN3O.C8H7N3O2.C7H11N3O2/c1-8-7-11(13)10-12(8)9-5-3-2-4-6-9;9-8-6-11(13)10-12(8)7-4-2-1-3-5-7;12-8-6-10(13)11(9-8)7-4-2-1-3-5-7;1-7(2,3)6(11)5-4-10(12)9-8-5/h2-7H,1H3;1-6H;1-6H,(H,9,12);4,12H,1-3H3. The number of hydrogen-bond donors (Lipinski definition) is 2. The molecule has 0 aliphatic rings. The van der Waals surface area contributed by atoms with Crippen molar-refractivity contribution in [2.24, 2.45) is 5.41 Å². The van der Waals surface area contributed by atoms with Crippen molar-refractivity contribution in [2.45, 2.75) is 27.7 Å². The Morgan fingerprint density at radius 2 is 1.27 bits per heavy atom. The zero-order chi connectivity index (χ0) is 37.1. The Balaban J connectivity index is 0.000000153. The second kappa shape index (κ2) is 16.5. The van der Waals surface area contributed by atoms with E-state index in [1.807, 2.05) is 73.7 Å². The summed E-state index contributed by atoms with van der Waals surface area (Å²) in [7, 11) is 0. The smallest absolute Gasteiger partial charge is 0.391 e. The Morgan fingerprint density at radius 3 is 1.67 bits per heavy atom. The number of para-hydroxylation sites is 3. The molecule has 0 aliphatic heterocycles. The Bertz CT molecular complexity index is 2120. The number of carbonyl (C=O) groups excluding carboxylic acids is 1. The monoisotopic (exact) mass is 716 g/mol. The first-order chi connectivity index (χ1) is 24.2. The lowest BCUT2D eigenvalue weighted by molar-refractivity contribution is -0.688. The quantitative estimate of drug-likeness (QED) is 0.117. The molecular formula is C32H33ClN12O6. The minimum absolute atomic E-state index is 0.136. The van der Waals surface area contributed by atoms with Gasteiger partial charge >= 0.3 is 5.56 Å². The molecule has 4 heterocycles. The van der Waals surface area contributed by atoms with Crippen molar-refractivity contribution in [3.63, 3.8) is 0 Å². The van der Waals surface area contributed by atoms with E-state index >= 15 is 0 Å². The fourth-order valence-electron chi connectivity index (χ4n) is 4.10. The van der Waals surface area contributed by atoms with Crippen LogP contribution in [-0.4, -0.2) is 55.8 Å². The number of halogens is 1. The number of H-pyrrole nitrogens is 1. The largest absolute Gasteiger partial charge is 0.692 e. The SMILES string of the molecule is CC(C)(C)C(=O)c1cn(O)nn1.Cc1c[n+]([O-])nn1-c1ccccc1.O=c1c[n+]([O-])n(-c2ccccc2)[nH]1.[O-][n+]1cc(Cl)n(-c2ccccc2)n1. The Labute approximate surface area is 294 Å². The van der Waals surface area contributed by atoms with Crippen LogP contribution in [-0.2, 0) is 0 Å². The number of aromatic nitrogens is 12. The number of nitrogens with one attached hydrogen (secondary N) is 1. The van der Waals surface area contributed by atoms with Gasteiger partial charge in [0.05, 0.1) is 11.4 Å². The maximum atomic E-state index is 11.5. The molecule has 0 bridgehead atoms. The van der Waals surface area contributed by atoms with Crippen molar-refractivity contribution in [3.8, 4) is 17.1 Å². The van der Waals surface area contributed by atoms with Crippen LogP contribution in [0.5, 0.6) is 0 Å². The molecule has 0 saturated carbocycles. The number of nitrogens with zero attached hydrogens (tertiary/aromatic N) is 11. The van der Waals surface area contributed by atoms with Crippen molar-refractivity contribution in [1.82, 2.24) is 44.8 Å². The number of rotatable bonds is 4. The van der Waals surface area contributed by atoms with Crippen molar-refractivity contribution >= 4 is 17.4 Å². The fraction of sp³-hybridized carbons (Fsp3) is 0.156. The van der Waals surface area contributed by atoms with E-state index in [4.69, 9.17) is 16.8 Å². The lowest BCUT2D eigenvalue weighted by Crippen LogP contribution is -2.36. The summed E-state index contributed by atoms with van der Waals surface area (Å²) in [6.45, 7) is 7.19. The van der Waals surface area contributed by atoms with Crippen molar-refractivity contribution in [3.05, 3.63) is 158 Å². The molecule has 264 valence electrons. The molecule has 18 nitrogen and oxygen atoms in total. The molecule has 0 unspecified atom stereocenters. The molecular weight excluding hydrogens is 684 g/mol. The molecule has 7 aromatic rings. The molecule has 0 atom stereocenters. The number of hydrogen-bond acceptors (Lipinski definition) is 10. The van der Waals surface area contributed by atoms with Gasteiger partial charge in [0.25, 0.3) is 5.15 Å². The first kappa shape index (κ1) is 37.0. The van der Waals surface area contributed by atoms with Gasteiger partial charge in [0.2, 0.25) is 6.20 Å². The molecule has 19 heteroatoms. The number of benzene rings is 3. The van der Waals surface area contributed by atoms with Crippen LogP contribution >= 0.6 is 11.6 Å². The van der Waals surface area contributed by atoms with E-state index in [9.17, 15) is 25.2 Å². The van der Waals surface area contributed by atoms with E-state index < -0.39 is 11.0 Å².